The minimum atomic E-state index is -0.676. The van der Waals surface area contributed by atoms with Crippen molar-refractivity contribution < 1.29 is 19.1 Å². The number of carbonyl (C=O) groups is 2. The average Bonchev–Trinajstić information content (AvgIpc) is 3.46. The molecule has 4 aromatic rings. The smallest absolute Gasteiger partial charge is 0.243 e. The lowest BCUT2D eigenvalue weighted by molar-refractivity contribution is -0.141. The van der Waals surface area contributed by atoms with Crippen molar-refractivity contribution in [3.63, 3.8) is 0 Å². The van der Waals surface area contributed by atoms with E-state index in [0.717, 1.165) is 22.3 Å². The standard InChI is InChI=1S/C33H32N2O4/c36-32(19-17-25-10-4-1-5-11-25)35(23-27-14-8-3-9-15-27)29(20-26-12-6-2-7-13-26)33(37)34-22-28-16-18-30-31(21-28)39-24-38-30/h1-16,18,21,29H,17,19-20,22-24H2,(H,34,37). The molecule has 0 bridgehead atoms. The van der Waals surface area contributed by atoms with Crippen molar-refractivity contribution in [2.75, 3.05) is 6.79 Å². The van der Waals surface area contributed by atoms with E-state index in [-0.39, 0.29) is 18.6 Å². The Hall–Kier alpha value is -4.58. The van der Waals surface area contributed by atoms with Crippen LogP contribution in [0.5, 0.6) is 11.5 Å². The summed E-state index contributed by atoms with van der Waals surface area (Å²) in [6.45, 7) is 0.866. The van der Waals surface area contributed by atoms with E-state index in [4.69, 9.17) is 9.47 Å². The van der Waals surface area contributed by atoms with Crippen LogP contribution >= 0.6 is 0 Å². The molecule has 5 rings (SSSR count). The highest BCUT2D eigenvalue weighted by atomic mass is 16.7. The summed E-state index contributed by atoms with van der Waals surface area (Å²) in [4.78, 5) is 29.3. The number of amides is 2. The molecule has 0 spiro atoms. The van der Waals surface area contributed by atoms with Gasteiger partial charge in [0.2, 0.25) is 18.6 Å². The molecule has 0 aliphatic carbocycles. The van der Waals surface area contributed by atoms with Gasteiger partial charge in [-0.3, -0.25) is 9.59 Å². The second kappa shape index (κ2) is 12.8. The Morgan fingerprint density at radius 2 is 1.33 bits per heavy atom. The molecule has 198 valence electrons. The highest BCUT2D eigenvalue weighted by molar-refractivity contribution is 5.88. The lowest BCUT2D eigenvalue weighted by Gasteiger charge is -2.31. The van der Waals surface area contributed by atoms with Crippen molar-refractivity contribution in [1.29, 1.82) is 0 Å². The largest absolute Gasteiger partial charge is 0.454 e. The molecule has 2 amide bonds. The van der Waals surface area contributed by atoms with Gasteiger partial charge in [0.25, 0.3) is 0 Å². The summed E-state index contributed by atoms with van der Waals surface area (Å²) in [6.07, 6.45) is 1.34. The van der Waals surface area contributed by atoms with Crippen LogP contribution in [0.15, 0.2) is 109 Å². The van der Waals surface area contributed by atoms with Crippen molar-refractivity contribution in [3.05, 3.63) is 131 Å². The monoisotopic (exact) mass is 520 g/mol. The van der Waals surface area contributed by atoms with Gasteiger partial charge in [-0.05, 0) is 40.8 Å². The van der Waals surface area contributed by atoms with E-state index in [1.54, 1.807) is 4.90 Å². The second-order valence-corrected chi connectivity index (χ2v) is 9.60. The Morgan fingerprint density at radius 1 is 0.718 bits per heavy atom. The third kappa shape index (κ3) is 7.05. The Balaban J connectivity index is 1.38. The van der Waals surface area contributed by atoms with Crippen LogP contribution in [0.1, 0.15) is 28.7 Å². The van der Waals surface area contributed by atoms with Gasteiger partial charge in [0.05, 0.1) is 0 Å². The molecule has 0 aromatic heterocycles. The molecule has 0 radical (unpaired) electrons. The van der Waals surface area contributed by atoms with Gasteiger partial charge in [-0.2, -0.15) is 0 Å². The van der Waals surface area contributed by atoms with Crippen LogP contribution in [-0.4, -0.2) is 29.5 Å². The Labute approximate surface area is 229 Å². The van der Waals surface area contributed by atoms with Gasteiger partial charge >= 0.3 is 0 Å². The summed E-state index contributed by atoms with van der Waals surface area (Å²) >= 11 is 0. The van der Waals surface area contributed by atoms with Crippen LogP contribution < -0.4 is 14.8 Å². The second-order valence-electron chi connectivity index (χ2n) is 9.60. The van der Waals surface area contributed by atoms with E-state index >= 15 is 0 Å². The molecule has 6 heteroatoms. The van der Waals surface area contributed by atoms with Crippen LogP contribution in [0.4, 0.5) is 0 Å². The molecule has 0 saturated heterocycles. The maximum absolute atomic E-state index is 13.8. The Bertz CT molecular complexity index is 1380. The molecule has 4 aromatic carbocycles. The lowest BCUT2D eigenvalue weighted by atomic mass is 10.0. The van der Waals surface area contributed by atoms with Crippen LogP contribution in [0, 0.1) is 0 Å². The van der Waals surface area contributed by atoms with Gasteiger partial charge in [-0.15, -0.1) is 0 Å². The third-order valence-corrected chi connectivity index (χ3v) is 6.84. The molecule has 1 aliphatic heterocycles. The highest BCUT2D eigenvalue weighted by Crippen LogP contribution is 2.32. The molecule has 0 fully saturated rings. The van der Waals surface area contributed by atoms with Crippen molar-refractivity contribution in [3.8, 4) is 11.5 Å². The van der Waals surface area contributed by atoms with Crippen LogP contribution in [0.25, 0.3) is 0 Å². The zero-order valence-electron chi connectivity index (χ0n) is 21.8. The Morgan fingerprint density at radius 3 is 2.03 bits per heavy atom. The van der Waals surface area contributed by atoms with Gasteiger partial charge in [0.15, 0.2) is 11.5 Å². The molecule has 1 N–H and O–H groups in total. The number of benzene rings is 4. The minimum Gasteiger partial charge on any atom is -0.454 e. The molecule has 1 aliphatic rings. The number of nitrogens with zero attached hydrogens (tertiary/aromatic N) is 1. The zero-order chi connectivity index (χ0) is 26.9. The fourth-order valence-corrected chi connectivity index (χ4v) is 4.73. The predicted octanol–water partition coefficient (Wildman–Crippen LogP) is 5.30. The molecule has 1 atom stereocenters. The highest BCUT2D eigenvalue weighted by Gasteiger charge is 2.30. The SMILES string of the molecule is O=C(NCc1ccc2c(c1)OCO2)C(Cc1ccccc1)N(Cc1ccccc1)C(=O)CCc1ccccc1. The van der Waals surface area contributed by atoms with E-state index in [0.29, 0.717) is 43.9 Å². The van der Waals surface area contributed by atoms with E-state index in [9.17, 15) is 9.59 Å². The number of fused-ring (bicyclic) bond motifs is 1. The Kier molecular flexibility index (Phi) is 8.54. The van der Waals surface area contributed by atoms with E-state index in [2.05, 4.69) is 5.32 Å². The molecule has 1 unspecified atom stereocenters. The van der Waals surface area contributed by atoms with Crippen molar-refractivity contribution in [1.82, 2.24) is 10.2 Å². The van der Waals surface area contributed by atoms with Crippen molar-refractivity contribution in [2.45, 2.75) is 38.4 Å². The quantitative estimate of drug-likeness (QED) is 0.291. The number of rotatable bonds is 11. The molecule has 1 heterocycles. The maximum atomic E-state index is 13.8. The van der Waals surface area contributed by atoms with Gasteiger partial charge in [-0.1, -0.05) is 97.1 Å². The first-order valence-electron chi connectivity index (χ1n) is 13.2. The first-order chi connectivity index (χ1) is 19.2. The van der Waals surface area contributed by atoms with E-state index in [1.165, 1.54) is 0 Å². The summed E-state index contributed by atoms with van der Waals surface area (Å²) < 4.78 is 10.9. The molecule has 0 saturated carbocycles. The molecule has 39 heavy (non-hydrogen) atoms. The molecular weight excluding hydrogens is 488 g/mol. The summed E-state index contributed by atoms with van der Waals surface area (Å²) in [7, 11) is 0. The fourth-order valence-electron chi connectivity index (χ4n) is 4.73. The van der Waals surface area contributed by atoms with E-state index < -0.39 is 6.04 Å². The number of aryl methyl sites for hydroxylation is 1. The van der Waals surface area contributed by atoms with Crippen LogP contribution in [0.2, 0.25) is 0 Å². The maximum Gasteiger partial charge on any atom is 0.243 e. The number of nitrogens with one attached hydrogen (secondary N) is 1. The minimum absolute atomic E-state index is 0.0538. The summed E-state index contributed by atoms with van der Waals surface area (Å²) in [5.74, 6) is 1.12. The third-order valence-electron chi connectivity index (χ3n) is 6.84. The topological polar surface area (TPSA) is 67.9 Å². The molecular formula is C33H32N2O4. The van der Waals surface area contributed by atoms with Crippen LogP contribution in [-0.2, 0) is 35.5 Å². The number of hydrogen-bond acceptors (Lipinski definition) is 4. The van der Waals surface area contributed by atoms with Gasteiger partial charge in [0.1, 0.15) is 6.04 Å². The number of hydrogen-bond donors (Lipinski definition) is 1. The fraction of sp³-hybridized carbons (Fsp3) is 0.212. The zero-order valence-corrected chi connectivity index (χ0v) is 21.8. The van der Waals surface area contributed by atoms with E-state index in [1.807, 2.05) is 109 Å². The number of carbonyl (C=O) groups excluding carboxylic acids is 2. The van der Waals surface area contributed by atoms with Crippen LogP contribution in [0.3, 0.4) is 0 Å². The summed E-state index contributed by atoms with van der Waals surface area (Å²) in [5, 5.41) is 3.08. The average molecular weight is 521 g/mol. The normalized spacial score (nSPS) is 12.5. The first kappa shape index (κ1) is 26.0. The first-order valence-corrected chi connectivity index (χ1v) is 13.2. The summed E-state index contributed by atoms with van der Waals surface area (Å²) in [6, 6.07) is 34.6. The van der Waals surface area contributed by atoms with Gasteiger partial charge in [0, 0.05) is 25.9 Å². The van der Waals surface area contributed by atoms with Gasteiger partial charge in [-0.25, -0.2) is 0 Å². The number of ether oxygens (including phenoxy) is 2. The predicted molar refractivity (Wildman–Crippen MR) is 150 cm³/mol. The van der Waals surface area contributed by atoms with Crippen molar-refractivity contribution >= 4 is 11.8 Å². The van der Waals surface area contributed by atoms with Gasteiger partial charge < -0.3 is 19.7 Å². The summed E-state index contributed by atoms with van der Waals surface area (Å²) in [5.41, 5.74) is 3.97. The lowest BCUT2D eigenvalue weighted by Crippen LogP contribution is -2.50. The van der Waals surface area contributed by atoms with Crippen molar-refractivity contribution in [2.24, 2.45) is 0 Å². The molecule has 6 nitrogen and oxygen atoms in total.